The monoisotopic (exact) mass is 583 g/mol. The van der Waals surface area contributed by atoms with Crippen molar-refractivity contribution in [2.24, 2.45) is 0 Å². The molecule has 0 amide bonds. The lowest BCUT2D eigenvalue weighted by Gasteiger charge is -2.23. The molecule has 0 spiro atoms. The van der Waals surface area contributed by atoms with E-state index in [-0.39, 0.29) is 6.04 Å². The molecule has 1 saturated carbocycles. The molecule has 5 aromatic rings. The van der Waals surface area contributed by atoms with Crippen LogP contribution in [0.15, 0.2) is 67.0 Å². The smallest absolute Gasteiger partial charge is 0.129 e. The summed E-state index contributed by atoms with van der Waals surface area (Å²) in [5.41, 5.74) is 4.79. The van der Waals surface area contributed by atoms with Crippen molar-refractivity contribution in [3.8, 4) is 6.07 Å². The van der Waals surface area contributed by atoms with Crippen LogP contribution in [0.1, 0.15) is 73.7 Å². The molecule has 3 heterocycles. The minimum atomic E-state index is -1.57. The lowest BCUT2D eigenvalue weighted by atomic mass is 10.0. The van der Waals surface area contributed by atoms with E-state index in [1.165, 1.54) is 6.20 Å². The highest BCUT2D eigenvalue weighted by molar-refractivity contribution is 6.36. The molecule has 0 aliphatic heterocycles. The van der Waals surface area contributed by atoms with E-state index in [0.717, 1.165) is 24.8 Å². The third kappa shape index (κ3) is 5.56. The number of aryl methyl sites for hydroxylation is 1. The summed E-state index contributed by atoms with van der Waals surface area (Å²) in [4.78, 5) is 8.91. The van der Waals surface area contributed by atoms with E-state index >= 15 is 0 Å². The van der Waals surface area contributed by atoms with Gasteiger partial charge in [0.2, 0.25) is 0 Å². The number of hydrogen-bond acceptors (Lipinski definition) is 7. The number of rotatable bonds is 9. The summed E-state index contributed by atoms with van der Waals surface area (Å²) < 4.78 is 11.6. The van der Waals surface area contributed by atoms with Crippen LogP contribution >= 0.6 is 23.2 Å². The number of pyridine rings is 2. The first-order valence-electron chi connectivity index (χ1n) is 14.0. The molecule has 41 heavy (non-hydrogen) atoms. The van der Waals surface area contributed by atoms with Crippen LogP contribution in [-0.2, 0) is 0 Å². The van der Waals surface area contributed by atoms with Gasteiger partial charge in [0.15, 0.2) is 0 Å². The van der Waals surface area contributed by atoms with Crippen molar-refractivity contribution < 1.29 is 1.37 Å². The van der Waals surface area contributed by atoms with E-state index in [2.05, 4.69) is 56.0 Å². The predicted molar refractivity (Wildman–Crippen MR) is 162 cm³/mol. The van der Waals surface area contributed by atoms with Crippen molar-refractivity contribution in [3.05, 3.63) is 105 Å². The van der Waals surface area contributed by atoms with Crippen LogP contribution in [0.2, 0.25) is 10.2 Å². The molecule has 1 aliphatic carbocycles. The fourth-order valence-corrected chi connectivity index (χ4v) is 5.43. The molecule has 10 heteroatoms. The Balaban J connectivity index is 1.48. The highest BCUT2D eigenvalue weighted by atomic mass is 35.5. The maximum atomic E-state index is 10.0. The summed E-state index contributed by atoms with van der Waals surface area (Å²) in [6.07, 6.45) is 6.21. The second kappa shape index (κ2) is 11.4. The maximum Gasteiger partial charge on any atom is 0.129 e. The van der Waals surface area contributed by atoms with Crippen molar-refractivity contribution in [2.75, 3.05) is 10.6 Å². The van der Waals surface area contributed by atoms with Crippen LogP contribution in [0.5, 0.6) is 0 Å². The Labute approximate surface area is 249 Å². The van der Waals surface area contributed by atoms with Gasteiger partial charge in [-0.05, 0) is 49.9 Å². The normalized spacial score (nSPS) is 15.5. The summed E-state index contributed by atoms with van der Waals surface area (Å²) in [6.45, 7) is 3.90. The van der Waals surface area contributed by atoms with Crippen LogP contribution in [0, 0.1) is 18.3 Å². The third-order valence-electron chi connectivity index (χ3n) is 7.25. The topological polar surface area (TPSA) is 104 Å². The number of aromatic nitrogens is 5. The van der Waals surface area contributed by atoms with Gasteiger partial charge in [0.05, 0.1) is 47.5 Å². The lowest BCUT2D eigenvalue weighted by Crippen LogP contribution is -2.15. The fraction of sp³-hybridized carbons (Fsp3) is 0.258. The molecular weight excluding hydrogens is 555 g/mol. The van der Waals surface area contributed by atoms with Gasteiger partial charge >= 0.3 is 0 Å². The Morgan fingerprint density at radius 2 is 1.95 bits per heavy atom. The Morgan fingerprint density at radius 3 is 2.66 bits per heavy atom. The first-order chi connectivity index (χ1) is 20.3. The zero-order chi connectivity index (χ0) is 29.4. The molecule has 1 fully saturated rings. The van der Waals surface area contributed by atoms with Crippen molar-refractivity contribution in [1.82, 2.24) is 25.0 Å². The van der Waals surface area contributed by atoms with Crippen molar-refractivity contribution in [2.45, 2.75) is 51.2 Å². The molecular formula is C31H28Cl2N8. The molecule has 0 bridgehead atoms. The van der Waals surface area contributed by atoms with Crippen LogP contribution in [0.4, 0.5) is 11.4 Å². The molecule has 8 nitrogen and oxygen atoms in total. The molecule has 6 rings (SSSR count). The second-order valence-corrected chi connectivity index (χ2v) is 10.9. The molecule has 3 aromatic heterocycles. The largest absolute Gasteiger partial charge is 0.377 e. The van der Waals surface area contributed by atoms with Crippen molar-refractivity contribution in [3.63, 3.8) is 0 Å². The number of nitrogens with one attached hydrogen (secondary N) is 2. The van der Waals surface area contributed by atoms with Gasteiger partial charge in [-0.2, -0.15) is 5.26 Å². The lowest BCUT2D eigenvalue weighted by molar-refractivity contribution is 0.610. The van der Waals surface area contributed by atoms with Crippen LogP contribution in [0.3, 0.4) is 0 Å². The average Bonchev–Trinajstić information content (AvgIpc) is 3.71. The zero-order valence-corrected chi connectivity index (χ0v) is 24.1. The fourth-order valence-electron chi connectivity index (χ4n) is 4.97. The van der Waals surface area contributed by atoms with Gasteiger partial charge in [0.1, 0.15) is 16.9 Å². The Kier molecular flexibility index (Phi) is 7.14. The molecule has 0 unspecified atom stereocenters. The molecule has 0 saturated heterocycles. The summed E-state index contributed by atoms with van der Waals surface area (Å²) >= 11 is 13.0. The van der Waals surface area contributed by atoms with Crippen LogP contribution in [-0.4, -0.2) is 25.0 Å². The molecule has 2 atom stereocenters. The summed E-state index contributed by atoms with van der Waals surface area (Å²) in [6, 6.07) is 18.1. The van der Waals surface area contributed by atoms with Gasteiger partial charge in [0, 0.05) is 28.5 Å². The minimum Gasteiger partial charge on any atom is -0.377 e. The molecule has 2 N–H and O–H groups in total. The first-order valence-corrected chi connectivity index (χ1v) is 14.2. The van der Waals surface area contributed by atoms with Crippen LogP contribution < -0.4 is 10.6 Å². The van der Waals surface area contributed by atoms with E-state index in [9.17, 15) is 6.63 Å². The van der Waals surface area contributed by atoms with Crippen molar-refractivity contribution in [1.29, 1.82) is 5.26 Å². The highest BCUT2D eigenvalue weighted by Crippen LogP contribution is 2.38. The molecule has 206 valence electrons. The van der Waals surface area contributed by atoms with E-state index in [0.29, 0.717) is 61.0 Å². The van der Waals surface area contributed by atoms with Gasteiger partial charge in [-0.3, -0.25) is 4.98 Å². The highest BCUT2D eigenvalue weighted by Gasteiger charge is 2.28. The van der Waals surface area contributed by atoms with Gasteiger partial charge < -0.3 is 10.6 Å². The number of hydrogen-bond donors (Lipinski definition) is 2. The Hall–Kier alpha value is -4.19. The van der Waals surface area contributed by atoms with Gasteiger partial charge in [-0.15, -0.1) is 5.10 Å². The number of fused-ring (bicyclic) bond motifs is 1. The zero-order valence-electron chi connectivity index (χ0n) is 23.6. The second-order valence-electron chi connectivity index (χ2n) is 10.1. The van der Waals surface area contributed by atoms with E-state index in [1.54, 1.807) is 18.2 Å². The maximum absolute atomic E-state index is 10.0. The van der Waals surface area contributed by atoms with Crippen LogP contribution in [0.25, 0.3) is 10.9 Å². The number of halogens is 2. The van der Waals surface area contributed by atoms with E-state index < -0.39 is 6.02 Å². The third-order valence-corrected chi connectivity index (χ3v) is 7.75. The number of nitriles is 1. The Bertz CT molecular complexity index is 1820. The summed E-state index contributed by atoms with van der Waals surface area (Å²) in [7, 11) is 0. The summed E-state index contributed by atoms with van der Waals surface area (Å²) in [5, 5.41) is 27.1. The number of nitrogens with zero attached hydrogens (tertiary/aromatic N) is 6. The molecule has 0 radical (unpaired) electrons. The van der Waals surface area contributed by atoms with Crippen molar-refractivity contribution >= 4 is 45.5 Å². The number of benzene rings is 2. The van der Waals surface area contributed by atoms with Gasteiger partial charge in [0.25, 0.3) is 0 Å². The first kappa shape index (κ1) is 25.8. The predicted octanol–water partition coefficient (Wildman–Crippen LogP) is 7.81. The molecule has 1 aliphatic rings. The SMILES string of the molecule is [2H][C@@](Nc1cc(Cl)c2ncc(C#N)c(N[C@H](CC)c3ccccc3)c2c1)(c1cn(C2CC2)nn1)c1ccc(Cl)nc1C. The average molecular weight is 585 g/mol. The molecule has 2 aromatic carbocycles. The van der Waals surface area contributed by atoms with E-state index in [4.69, 9.17) is 23.2 Å². The number of anilines is 2. The quantitative estimate of drug-likeness (QED) is 0.170. The standard InChI is InChI=1S/C31H28Cl2N8/c1-3-26(19-7-5-4-6-8-19)38-29-20(15-34)16-35-30-24(29)13-21(14-25(30)32)37-31(23-11-12-28(33)36-18(23)2)27-17-41(40-39-27)22-9-10-22/h4-8,11-14,16-17,22,26,31,37H,3,9-10H2,1-2H3,(H,35,38)/t26-,31+/m1/s1/i31D. The van der Waals surface area contributed by atoms with E-state index in [1.807, 2.05) is 42.1 Å². The summed E-state index contributed by atoms with van der Waals surface area (Å²) in [5.74, 6) is 0. The van der Waals surface area contributed by atoms with Gasteiger partial charge in [-0.25, -0.2) is 9.67 Å². The Morgan fingerprint density at radius 1 is 1.15 bits per heavy atom. The van der Waals surface area contributed by atoms with Gasteiger partial charge in [-0.1, -0.05) is 71.7 Å². The minimum absolute atomic E-state index is 0.0465.